The first-order chi connectivity index (χ1) is 7.41. The van der Waals surface area contributed by atoms with Crippen molar-refractivity contribution in [2.24, 2.45) is 0 Å². The summed E-state index contributed by atoms with van der Waals surface area (Å²) in [6.45, 7) is 3.61. The average molecular weight is 258 g/mol. The molecular formula is C12H11NaO3S. The zero-order valence-corrected chi connectivity index (χ0v) is 12.8. The smallest absolute Gasteiger partial charge is 0.744 e. The molecule has 2 aromatic rings. The zero-order chi connectivity index (χ0) is 11.9. The summed E-state index contributed by atoms with van der Waals surface area (Å²) in [4.78, 5) is -0.134. The van der Waals surface area contributed by atoms with E-state index in [0.717, 1.165) is 16.3 Å². The van der Waals surface area contributed by atoms with Crippen LogP contribution in [0.15, 0.2) is 35.2 Å². The van der Waals surface area contributed by atoms with Crippen molar-refractivity contribution >= 4 is 20.9 Å². The van der Waals surface area contributed by atoms with Crippen LogP contribution in [-0.2, 0) is 10.1 Å². The summed E-state index contributed by atoms with van der Waals surface area (Å²) < 4.78 is 33.1. The normalized spacial score (nSPS) is 11.2. The van der Waals surface area contributed by atoms with Gasteiger partial charge in [0, 0.05) is 0 Å². The van der Waals surface area contributed by atoms with Gasteiger partial charge in [-0.25, -0.2) is 8.42 Å². The molecule has 0 fully saturated rings. The fourth-order valence-corrected chi connectivity index (χ4v) is 2.64. The second-order valence-corrected chi connectivity index (χ2v) is 5.16. The van der Waals surface area contributed by atoms with Crippen LogP contribution in [0.4, 0.5) is 0 Å². The van der Waals surface area contributed by atoms with Gasteiger partial charge in [0.05, 0.1) is 4.90 Å². The Balaban J connectivity index is 0.00000144. The molecule has 17 heavy (non-hydrogen) atoms. The van der Waals surface area contributed by atoms with E-state index in [0.29, 0.717) is 5.56 Å². The Kier molecular flexibility index (Phi) is 4.38. The quantitative estimate of drug-likeness (QED) is 0.505. The van der Waals surface area contributed by atoms with Gasteiger partial charge in [-0.2, -0.15) is 0 Å². The molecule has 0 aliphatic carbocycles. The van der Waals surface area contributed by atoms with Crippen molar-refractivity contribution < 1.29 is 42.5 Å². The summed E-state index contributed by atoms with van der Waals surface area (Å²) in [5.74, 6) is 0. The standard InChI is InChI=1S/C12H12O3S.Na/c1-8-4-3-5-11-9(2)12(16(13,14)15)7-6-10(8)11;/h3-7H,1-2H3,(H,13,14,15);/q;+1/p-1. The maximum Gasteiger partial charge on any atom is 1.00 e. The van der Waals surface area contributed by atoms with Crippen LogP contribution >= 0.6 is 0 Å². The molecule has 2 rings (SSSR count). The van der Waals surface area contributed by atoms with Gasteiger partial charge in [-0.1, -0.05) is 24.3 Å². The van der Waals surface area contributed by atoms with Crippen molar-refractivity contribution in [3.05, 3.63) is 41.5 Å². The van der Waals surface area contributed by atoms with E-state index in [4.69, 9.17) is 0 Å². The van der Waals surface area contributed by atoms with Crippen LogP contribution in [0.1, 0.15) is 11.1 Å². The first-order valence-corrected chi connectivity index (χ1v) is 6.27. The molecule has 0 amide bonds. The Morgan fingerprint density at radius 1 is 1.00 bits per heavy atom. The number of aryl methyl sites for hydroxylation is 2. The summed E-state index contributed by atoms with van der Waals surface area (Å²) >= 11 is 0. The Hall–Kier alpha value is -0.390. The van der Waals surface area contributed by atoms with Crippen LogP contribution in [0.3, 0.4) is 0 Å². The number of benzene rings is 2. The Bertz CT molecular complexity index is 663. The van der Waals surface area contributed by atoms with Gasteiger partial charge < -0.3 is 4.55 Å². The first kappa shape index (κ1) is 14.7. The molecule has 0 saturated carbocycles. The Labute approximate surface area is 123 Å². The van der Waals surface area contributed by atoms with Gasteiger partial charge in [0.25, 0.3) is 0 Å². The summed E-state index contributed by atoms with van der Waals surface area (Å²) in [5, 5.41) is 1.80. The van der Waals surface area contributed by atoms with Gasteiger partial charge >= 0.3 is 29.6 Å². The molecule has 0 radical (unpaired) electrons. The van der Waals surface area contributed by atoms with Crippen molar-refractivity contribution in [3.63, 3.8) is 0 Å². The first-order valence-electron chi connectivity index (χ1n) is 4.86. The van der Waals surface area contributed by atoms with Crippen LogP contribution < -0.4 is 29.6 Å². The van der Waals surface area contributed by atoms with Crippen LogP contribution in [0.5, 0.6) is 0 Å². The van der Waals surface area contributed by atoms with Crippen molar-refractivity contribution in [3.8, 4) is 0 Å². The zero-order valence-electron chi connectivity index (χ0n) is 10.0. The minimum atomic E-state index is -4.39. The van der Waals surface area contributed by atoms with Gasteiger partial charge in [0.2, 0.25) is 0 Å². The van der Waals surface area contributed by atoms with Crippen LogP contribution in [0.25, 0.3) is 10.8 Å². The van der Waals surface area contributed by atoms with E-state index in [1.54, 1.807) is 13.0 Å². The predicted molar refractivity (Wildman–Crippen MR) is 61.4 cm³/mol. The predicted octanol–water partition coefficient (Wildman–Crippen LogP) is -0.635. The molecule has 2 aromatic carbocycles. The van der Waals surface area contributed by atoms with Gasteiger partial charge in [-0.15, -0.1) is 0 Å². The monoisotopic (exact) mass is 258 g/mol. The molecule has 3 nitrogen and oxygen atoms in total. The van der Waals surface area contributed by atoms with Gasteiger partial charge in [0.1, 0.15) is 10.1 Å². The molecule has 0 aromatic heterocycles. The van der Waals surface area contributed by atoms with Crippen molar-refractivity contribution in [1.29, 1.82) is 0 Å². The minimum Gasteiger partial charge on any atom is -0.744 e. The number of hydrogen-bond acceptors (Lipinski definition) is 3. The number of rotatable bonds is 1. The Morgan fingerprint density at radius 2 is 1.65 bits per heavy atom. The second-order valence-electron chi connectivity index (χ2n) is 3.81. The molecule has 0 saturated heterocycles. The number of hydrogen-bond donors (Lipinski definition) is 0. The van der Waals surface area contributed by atoms with E-state index in [2.05, 4.69) is 0 Å². The van der Waals surface area contributed by atoms with Crippen LogP contribution in [-0.4, -0.2) is 13.0 Å². The summed E-state index contributed by atoms with van der Waals surface area (Å²) in [6.07, 6.45) is 0. The molecule has 0 bridgehead atoms. The molecule has 0 atom stereocenters. The largest absolute Gasteiger partial charge is 1.00 e. The topological polar surface area (TPSA) is 57.2 Å². The number of fused-ring (bicyclic) bond motifs is 1. The van der Waals surface area contributed by atoms with E-state index >= 15 is 0 Å². The van der Waals surface area contributed by atoms with Gasteiger partial charge in [-0.05, 0) is 41.8 Å². The molecule has 0 aliphatic rings. The Morgan fingerprint density at radius 3 is 2.24 bits per heavy atom. The fraction of sp³-hybridized carbons (Fsp3) is 0.167. The van der Waals surface area contributed by atoms with E-state index in [1.165, 1.54) is 6.07 Å². The van der Waals surface area contributed by atoms with E-state index in [1.807, 2.05) is 25.1 Å². The molecular weight excluding hydrogens is 247 g/mol. The molecule has 0 aliphatic heterocycles. The van der Waals surface area contributed by atoms with Crippen molar-refractivity contribution in [2.45, 2.75) is 18.7 Å². The SMILES string of the molecule is Cc1cccc2c(C)c(S(=O)(=O)[O-])ccc12.[Na+]. The second kappa shape index (κ2) is 5.08. The molecule has 0 unspecified atom stereocenters. The molecule has 0 spiro atoms. The third kappa shape index (κ3) is 2.72. The van der Waals surface area contributed by atoms with Crippen molar-refractivity contribution in [2.75, 3.05) is 0 Å². The molecule has 0 heterocycles. The molecule has 0 N–H and O–H groups in total. The average Bonchev–Trinajstić information content (AvgIpc) is 2.18. The third-order valence-electron chi connectivity index (χ3n) is 2.77. The van der Waals surface area contributed by atoms with Gasteiger partial charge in [0.15, 0.2) is 0 Å². The summed E-state index contributed by atoms with van der Waals surface area (Å²) in [7, 11) is -4.39. The maximum absolute atomic E-state index is 11.0. The maximum atomic E-state index is 11.0. The van der Waals surface area contributed by atoms with E-state index < -0.39 is 10.1 Å². The van der Waals surface area contributed by atoms with Crippen LogP contribution in [0, 0.1) is 13.8 Å². The fourth-order valence-electron chi connectivity index (χ4n) is 1.92. The molecule has 5 heteroatoms. The van der Waals surface area contributed by atoms with Gasteiger partial charge in [-0.3, -0.25) is 0 Å². The third-order valence-corrected chi connectivity index (χ3v) is 3.75. The summed E-state index contributed by atoms with van der Waals surface area (Å²) in [5.41, 5.74) is 1.59. The minimum absolute atomic E-state index is 0. The van der Waals surface area contributed by atoms with Crippen molar-refractivity contribution in [1.82, 2.24) is 0 Å². The van der Waals surface area contributed by atoms with E-state index in [9.17, 15) is 13.0 Å². The van der Waals surface area contributed by atoms with Crippen LogP contribution in [0.2, 0.25) is 0 Å². The summed E-state index contributed by atoms with van der Waals surface area (Å²) in [6, 6.07) is 8.70. The molecule has 84 valence electrons. The van der Waals surface area contributed by atoms with E-state index in [-0.39, 0.29) is 34.5 Å².